The maximum absolute atomic E-state index is 12.4. The van der Waals surface area contributed by atoms with E-state index in [9.17, 15) is 14.4 Å². The highest BCUT2D eigenvalue weighted by Gasteiger charge is 2.33. The van der Waals surface area contributed by atoms with E-state index in [4.69, 9.17) is 21.3 Å². The number of amides is 3. The Hall–Kier alpha value is -3.69. The number of rotatable bonds is 6. The van der Waals surface area contributed by atoms with Gasteiger partial charge in [0.1, 0.15) is 0 Å². The van der Waals surface area contributed by atoms with Crippen molar-refractivity contribution in [2.75, 3.05) is 18.5 Å². The number of guanidine groups is 1. The minimum absolute atomic E-state index is 0.0415. The summed E-state index contributed by atoms with van der Waals surface area (Å²) in [5.41, 5.74) is 12.8. The first-order valence-corrected chi connectivity index (χ1v) is 9.54. The first-order valence-electron chi connectivity index (χ1n) is 9.54. The molecule has 4 N–H and O–H groups in total. The number of fused-ring (bicyclic) bond motifs is 1. The van der Waals surface area contributed by atoms with Crippen molar-refractivity contribution in [2.45, 2.75) is 32.1 Å². The number of nitrogens with two attached hydrogens (primary N) is 2. The summed E-state index contributed by atoms with van der Waals surface area (Å²) < 4.78 is 0. The number of carbonyl (C=O) groups excluding carboxylic acids is 3. The minimum Gasteiger partial charge on any atom is -0.370 e. The molecule has 1 unspecified atom stereocenters. The van der Waals surface area contributed by atoms with E-state index in [1.165, 1.54) is 11.9 Å². The minimum atomic E-state index is -0.834. The summed E-state index contributed by atoms with van der Waals surface area (Å²) in [5.74, 6) is -0.857. The molecule has 1 saturated heterocycles. The lowest BCUT2D eigenvalue weighted by Gasteiger charge is -2.20. The molecule has 0 radical (unpaired) electrons. The van der Waals surface area contributed by atoms with Crippen molar-refractivity contribution in [3.63, 3.8) is 0 Å². The molecule has 0 aliphatic carbocycles. The molecular weight excluding hydrogens is 388 g/mol. The van der Waals surface area contributed by atoms with Gasteiger partial charge in [0.05, 0.1) is 5.52 Å². The molecule has 1 aromatic carbocycles. The van der Waals surface area contributed by atoms with Crippen LogP contribution in [0.25, 0.3) is 10.9 Å². The SMILES string of the molecule is CC(CCN=C(N)N)c1ccc2ccc(N(C)C(=O)ON3C(=O)CCC3=O)cc2n1. The monoisotopic (exact) mass is 412 g/mol. The molecule has 10 heteroatoms. The number of nitrogens with zero attached hydrogens (tertiary/aromatic N) is 4. The van der Waals surface area contributed by atoms with Crippen molar-refractivity contribution in [3.8, 4) is 0 Å². The van der Waals surface area contributed by atoms with Crippen molar-refractivity contribution in [3.05, 3.63) is 36.0 Å². The van der Waals surface area contributed by atoms with Gasteiger partial charge in [0, 0.05) is 49.1 Å². The number of imide groups is 1. The molecule has 1 atom stereocenters. The van der Waals surface area contributed by atoms with Gasteiger partial charge >= 0.3 is 6.09 Å². The summed E-state index contributed by atoms with van der Waals surface area (Å²) in [4.78, 5) is 50.5. The average molecular weight is 412 g/mol. The van der Waals surface area contributed by atoms with Crippen LogP contribution in [0.15, 0.2) is 35.3 Å². The summed E-state index contributed by atoms with van der Waals surface area (Å²) in [7, 11) is 1.50. The Morgan fingerprint density at radius 1 is 1.23 bits per heavy atom. The fourth-order valence-corrected chi connectivity index (χ4v) is 3.04. The molecule has 1 fully saturated rings. The number of aromatic nitrogens is 1. The highest BCUT2D eigenvalue weighted by Crippen LogP contribution is 2.25. The van der Waals surface area contributed by atoms with Crippen molar-refractivity contribution in [2.24, 2.45) is 16.5 Å². The molecule has 0 spiro atoms. The molecule has 0 bridgehead atoms. The van der Waals surface area contributed by atoms with Gasteiger partial charge in [-0.1, -0.05) is 19.1 Å². The Morgan fingerprint density at radius 3 is 2.57 bits per heavy atom. The van der Waals surface area contributed by atoms with E-state index < -0.39 is 17.9 Å². The van der Waals surface area contributed by atoms with Crippen LogP contribution in [0.5, 0.6) is 0 Å². The lowest BCUT2D eigenvalue weighted by Crippen LogP contribution is -2.38. The predicted octanol–water partition coefficient (Wildman–Crippen LogP) is 1.64. The Bertz CT molecular complexity index is 1000. The Kier molecular flexibility index (Phi) is 6.14. The number of carbonyl (C=O) groups is 3. The van der Waals surface area contributed by atoms with E-state index in [1.54, 1.807) is 12.1 Å². The maximum Gasteiger partial charge on any atom is 0.439 e. The summed E-state index contributed by atoms with van der Waals surface area (Å²) >= 11 is 0. The maximum atomic E-state index is 12.4. The predicted molar refractivity (Wildman–Crippen MR) is 111 cm³/mol. The van der Waals surface area contributed by atoms with E-state index in [0.29, 0.717) is 22.8 Å². The van der Waals surface area contributed by atoms with Crippen molar-refractivity contribution in [1.82, 2.24) is 10.0 Å². The smallest absolute Gasteiger partial charge is 0.370 e. The van der Waals surface area contributed by atoms with Crippen molar-refractivity contribution < 1.29 is 19.2 Å². The van der Waals surface area contributed by atoms with Crippen LogP contribution in [0.3, 0.4) is 0 Å². The number of anilines is 1. The third-order valence-corrected chi connectivity index (χ3v) is 4.89. The van der Waals surface area contributed by atoms with Gasteiger partial charge in [0.2, 0.25) is 0 Å². The highest BCUT2D eigenvalue weighted by molar-refractivity contribution is 6.02. The summed E-state index contributed by atoms with van der Waals surface area (Å²) in [6, 6.07) is 9.22. The molecular formula is C20H24N6O4. The largest absolute Gasteiger partial charge is 0.439 e. The zero-order chi connectivity index (χ0) is 21.8. The van der Waals surface area contributed by atoms with Crippen LogP contribution in [-0.4, -0.2) is 47.5 Å². The molecule has 158 valence electrons. The molecule has 2 aromatic rings. The van der Waals surface area contributed by atoms with Gasteiger partial charge in [-0.25, -0.2) is 4.79 Å². The Morgan fingerprint density at radius 2 is 1.90 bits per heavy atom. The third-order valence-electron chi connectivity index (χ3n) is 4.89. The Labute approximate surface area is 173 Å². The first-order chi connectivity index (χ1) is 14.3. The Balaban J connectivity index is 1.76. The van der Waals surface area contributed by atoms with Gasteiger partial charge in [-0.15, -0.1) is 5.06 Å². The number of benzene rings is 1. The second kappa shape index (κ2) is 8.76. The molecule has 1 aliphatic heterocycles. The van der Waals surface area contributed by atoms with Gasteiger partial charge in [0.15, 0.2) is 5.96 Å². The first kappa shape index (κ1) is 21.0. The summed E-state index contributed by atoms with van der Waals surface area (Å²) in [6.07, 6.45) is -0.0142. The molecule has 1 aliphatic rings. The van der Waals surface area contributed by atoms with Crippen LogP contribution in [0.1, 0.15) is 37.8 Å². The average Bonchev–Trinajstić information content (AvgIpc) is 3.04. The quantitative estimate of drug-likeness (QED) is 0.417. The summed E-state index contributed by atoms with van der Waals surface area (Å²) in [6.45, 7) is 2.54. The standard InChI is InChI=1S/C20H24N6O4/c1-12(9-10-23-19(21)22)15-6-4-13-3-5-14(11-16(13)24-15)25(2)20(29)30-26-17(27)7-8-18(26)28/h3-6,11-12H,7-10H2,1-2H3,(H4,21,22,23). The lowest BCUT2D eigenvalue weighted by molar-refractivity contribution is -0.170. The molecule has 0 saturated carbocycles. The number of hydrogen-bond donors (Lipinski definition) is 2. The normalized spacial score (nSPS) is 14.7. The fraction of sp³-hybridized carbons (Fsp3) is 0.350. The van der Waals surface area contributed by atoms with Crippen molar-refractivity contribution in [1.29, 1.82) is 0 Å². The second-order valence-corrected chi connectivity index (χ2v) is 7.11. The third kappa shape index (κ3) is 4.65. The molecule has 10 nitrogen and oxygen atoms in total. The van der Waals surface area contributed by atoms with E-state index in [-0.39, 0.29) is 24.7 Å². The van der Waals surface area contributed by atoms with Crippen LogP contribution in [0.4, 0.5) is 10.5 Å². The fourth-order valence-electron chi connectivity index (χ4n) is 3.04. The van der Waals surface area contributed by atoms with Gasteiger partial charge in [-0.05, 0) is 24.6 Å². The number of hydrogen-bond acceptors (Lipinski definition) is 6. The molecule has 3 rings (SSSR count). The van der Waals surface area contributed by atoms with Crippen LogP contribution < -0.4 is 16.4 Å². The van der Waals surface area contributed by atoms with Crippen LogP contribution in [0, 0.1) is 0 Å². The van der Waals surface area contributed by atoms with Crippen LogP contribution >= 0.6 is 0 Å². The van der Waals surface area contributed by atoms with E-state index in [2.05, 4.69) is 4.99 Å². The van der Waals surface area contributed by atoms with Gasteiger partial charge < -0.3 is 16.3 Å². The lowest BCUT2D eigenvalue weighted by atomic mass is 10.0. The van der Waals surface area contributed by atoms with Gasteiger partial charge in [-0.2, -0.15) is 0 Å². The van der Waals surface area contributed by atoms with Crippen molar-refractivity contribution >= 4 is 40.5 Å². The molecule has 2 heterocycles. The molecule has 1 aromatic heterocycles. The van der Waals surface area contributed by atoms with Gasteiger partial charge in [0.25, 0.3) is 11.8 Å². The zero-order valence-corrected chi connectivity index (χ0v) is 16.9. The topological polar surface area (TPSA) is 144 Å². The highest BCUT2D eigenvalue weighted by atomic mass is 16.7. The van der Waals surface area contributed by atoms with E-state index >= 15 is 0 Å². The molecule has 30 heavy (non-hydrogen) atoms. The summed E-state index contributed by atoms with van der Waals surface area (Å²) in [5, 5.41) is 1.43. The van der Waals surface area contributed by atoms with Gasteiger partial charge in [-0.3, -0.25) is 24.5 Å². The molecule has 3 amide bonds. The number of hydroxylamine groups is 2. The second-order valence-electron chi connectivity index (χ2n) is 7.11. The zero-order valence-electron chi connectivity index (χ0n) is 16.9. The number of pyridine rings is 1. The van der Waals surface area contributed by atoms with E-state index in [1.807, 2.05) is 25.1 Å². The number of aliphatic imine (C=N–C) groups is 1. The van der Waals surface area contributed by atoms with Crippen LogP contribution in [-0.2, 0) is 14.4 Å². The van der Waals surface area contributed by atoms with E-state index in [0.717, 1.165) is 17.5 Å². The van der Waals surface area contributed by atoms with Crippen LogP contribution in [0.2, 0.25) is 0 Å².